The van der Waals surface area contributed by atoms with E-state index in [9.17, 15) is 14.4 Å². The van der Waals surface area contributed by atoms with Gasteiger partial charge in [-0.25, -0.2) is 4.79 Å². The van der Waals surface area contributed by atoms with E-state index >= 15 is 0 Å². The van der Waals surface area contributed by atoms with Crippen LogP contribution in [-0.4, -0.2) is 39.5 Å². The summed E-state index contributed by atoms with van der Waals surface area (Å²) in [4.78, 5) is 35.1. The lowest BCUT2D eigenvalue weighted by Gasteiger charge is -2.22. The number of benzene rings is 1. The minimum absolute atomic E-state index is 0.0152. The molecule has 2 N–H and O–H groups in total. The Morgan fingerprint density at radius 3 is 2.19 bits per heavy atom. The van der Waals surface area contributed by atoms with Gasteiger partial charge in [0.15, 0.2) is 0 Å². The first-order valence-corrected chi connectivity index (χ1v) is 6.80. The highest BCUT2D eigenvalue weighted by Gasteiger charge is 2.33. The lowest BCUT2D eigenvalue weighted by Crippen LogP contribution is -2.33. The van der Waals surface area contributed by atoms with Gasteiger partial charge in [0, 0.05) is 19.0 Å². The van der Waals surface area contributed by atoms with Crippen LogP contribution in [0, 0.1) is 5.92 Å². The van der Waals surface area contributed by atoms with Gasteiger partial charge in [-0.3, -0.25) is 9.59 Å². The monoisotopic (exact) mass is 291 g/mol. The van der Waals surface area contributed by atoms with Gasteiger partial charge in [-0.2, -0.15) is 0 Å². The number of aliphatic carboxylic acids is 1. The molecule has 0 saturated heterocycles. The third-order valence-corrected chi connectivity index (χ3v) is 3.41. The zero-order chi connectivity index (χ0) is 15.4. The Morgan fingerprint density at radius 2 is 1.71 bits per heavy atom. The molecule has 0 aromatic heterocycles. The van der Waals surface area contributed by atoms with E-state index in [4.69, 9.17) is 10.2 Å². The fourth-order valence-electron chi connectivity index (χ4n) is 2.06. The van der Waals surface area contributed by atoms with Crippen molar-refractivity contribution in [1.29, 1.82) is 0 Å². The summed E-state index contributed by atoms with van der Waals surface area (Å²) in [6.07, 6.45) is 1.63. The Kier molecular flexibility index (Phi) is 4.57. The van der Waals surface area contributed by atoms with Gasteiger partial charge in [-0.1, -0.05) is 12.1 Å². The fraction of sp³-hybridized carbons (Fsp3) is 0.400. The van der Waals surface area contributed by atoms with Crippen molar-refractivity contribution in [2.75, 3.05) is 6.54 Å². The Morgan fingerprint density at radius 1 is 1.10 bits per heavy atom. The topological polar surface area (TPSA) is 94.9 Å². The van der Waals surface area contributed by atoms with Crippen molar-refractivity contribution in [1.82, 2.24) is 4.90 Å². The standard InChI is InChI=1S/C15H17NO5/c17-13(18)7-8-16(14(19)11-5-6-11)9-10-1-3-12(4-2-10)15(20)21/h1-4,11H,5-9H2,(H,17,18)(H,20,21). The van der Waals surface area contributed by atoms with Crippen LogP contribution in [-0.2, 0) is 16.1 Å². The second kappa shape index (κ2) is 6.39. The van der Waals surface area contributed by atoms with E-state index in [-0.39, 0.29) is 30.4 Å². The molecule has 0 bridgehead atoms. The average molecular weight is 291 g/mol. The summed E-state index contributed by atoms with van der Waals surface area (Å²) in [5.74, 6) is -1.93. The second-order valence-electron chi connectivity index (χ2n) is 5.18. The molecule has 2 rings (SSSR count). The van der Waals surface area contributed by atoms with E-state index in [1.54, 1.807) is 17.0 Å². The quantitative estimate of drug-likeness (QED) is 0.795. The molecule has 6 nitrogen and oxygen atoms in total. The van der Waals surface area contributed by atoms with Crippen LogP contribution in [0.1, 0.15) is 35.2 Å². The van der Waals surface area contributed by atoms with E-state index in [1.807, 2.05) is 0 Å². The number of carbonyl (C=O) groups excluding carboxylic acids is 1. The maximum Gasteiger partial charge on any atom is 0.335 e. The van der Waals surface area contributed by atoms with Crippen molar-refractivity contribution in [2.45, 2.75) is 25.8 Å². The first kappa shape index (κ1) is 15.0. The van der Waals surface area contributed by atoms with Crippen molar-refractivity contribution in [3.8, 4) is 0 Å². The number of carboxylic acids is 2. The molecule has 0 atom stereocenters. The van der Waals surface area contributed by atoms with Gasteiger partial charge in [-0.15, -0.1) is 0 Å². The van der Waals surface area contributed by atoms with Crippen LogP contribution in [0.4, 0.5) is 0 Å². The zero-order valence-corrected chi connectivity index (χ0v) is 11.5. The van der Waals surface area contributed by atoms with Gasteiger partial charge in [0.1, 0.15) is 0 Å². The number of hydrogen-bond acceptors (Lipinski definition) is 3. The molecular formula is C15H17NO5. The third-order valence-electron chi connectivity index (χ3n) is 3.41. The molecule has 1 aliphatic carbocycles. The van der Waals surface area contributed by atoms with Gasteiger partial charge in [0.2, 0.25) is 5.91 Å². The minimum atomic E-state index is -1.00. The molecule has 1 saturated carbocycles. The van der Waals surface area contributed by atoms with Crippen molar-refractivity contribution in [3.63, 3.8) is 0 Å². The Hall–Kier alpha value is -2.37. The zero-order valence-electron chi connectivity index (χ0n) is 11.5. The second-order valence-corrected chi connectivity index (χ2v) is 5.18. The molecule has 6 heteroatoms. The summed E-state index contributed by atoms with van der Waals surface area (Å²) in [7, 11) is 0. The molecule has 1 fully saturated rings. The van der Waals surface area contributed by atoms with Crippen LogP contribution in [0.15, 0.2) is 24.3 Å². The fourth-order valence-corrected chi connectivity index (χ4v) is 2.06. The van der Waals surface area contributed by atoms with Gasteiger partial charge in [0.05, 0.1) is 12.0 Å². The number of carbonyl (C=O) groups is 3. The van der Waals surface area contributed by atoms with E-state index in [0.29, 0.717) is 6.54 Å². The van der Waals surface area contributed by atoms with Crippen LogP contribution >= 0.6 is 0 Å². The van der Waals surface area contributed by atoms with Crippen LogP contribution in [0.2, 0.25) is 0 Å². The minimum Gasteiger partial charge on any atom is -0.481 e. The summed E-state index contributed by atoms with van der Waals surface area (Å²) < 4.78 is 0. The van der Waals surface area contributed by atoms with Crippen LogP contribution < -0.4 is 0 Å². The molecule has 21 heavy (non-hydrogen) atoms. The summed E-state index contributed by atoms with van der Waals surface area (Å²) in [5.41, 5.74) is 0.976. The number of carboxylic acid groups (broad SMARTS) is 2. The number of nitrogens with zero attached hydrogens (tertiary/aromatic N) is 1. The van der Waals surface area contributed by atoms with Crippen molar-refractivity contribution >= 4 is 17.8 Å². The molecule has 0 heterocycles. The predicted molar refractivity (Wildman–Crippen MR) is 73.8 cm³/mol. The largest absolute Gasteiger partial charge is 0.481 e. The molecule has 0 radical (unpaired) electrons. The molecule has 0 spiro atoms. The summed E-state index contributed by atoms with van der Waals surface area (Å²) in [5, 5.41) is 17.6. The molecule has 1 aliphatic rings. The molecule has 0 aliphatic heterocycles. The van der Waals surface area contributed by atoms with E-state index in [2.05, 4.69) is 0 Å². The maximum atomic E-state index is 12.1. The maximum absolute atomic E-state index is 12.1. The van der Waals surface area contributed by atoms with Crippen LogP contribution in [0.25, 0.3) is 0 Å². The lowest BCUT2D eigenvalue weighted by molar-refractivity contribution is -0.139. The lowest BCUT2D eigenvalue weighted by atomic mass is 10.1. The number of aromatic carboxylic acids is 1. The van der Waals surface area contributed by atoms with Gasteiger partial charge < -0.3 is 15.1 Å². The van der Waals surface area contributed by atoms with Gasteiger partial charge in [-0.05, 0) is 30.5 Å². The van der Waals surface area contributed by atoms with Crippen molar-refractivity contribution < 1.29 is 24.6 Å². The van der Waals surface area contributed by atoms with E-state index < -0.39 is 11.9 Å². The first-order chi connectivity index (χ1) is 9.97. The molecule has 1 amide bonds. The van der Waals surface area contributed by atoms with E-state index in [0.717, 1.165) is 18.4 Å². The number of rotatable bonds is 7. The summed E-state index contributed by atoms with van der Waals surface area (Å²) in [6.45, 7) is 0.480. The normalized spacial score (nSPS) is 13.7. The highest BCUT2D eigenvalue weighted by Crippen LogP contribution is 2.31. The number of amides is 1. The Labute approximate surface area is 122 Å². The van der Waals surface area contributed by atoms with Crippen molar-refractivity contribution in [2.24, 2.45) is 5.92 Å². The summed E-state index contributed by atoms with van der Waals surface area (Å²) >= 11 is 0. The highest BCUT2D eigenvalue weighted by atomic mass is 16.4. The van der Waals surface area contributed by atoms with Gasteiger partial charge >= 0.3 is 11.9 Å². The van der Waals surface area contributed by atoms with E-state index in [1.165, 1.54) is 12.1 Å². The molecular weight excluding hydrogens is 274 g/mol. The Bertz CT molecular complexity index is 548. The van der Waals surface area contributed by atoms with Gasteiger partial charge in [0.25, 0.3) is 0 Å². The molecule has 1 aromatic rings. The van der Waals surface area contributed by atoms with Crippen LogP contribution in [0.3, 0.4) is 0 Å². The summed E-state index contributed by atoms with van der Waals surface area (Å²) in [6, 6.07) is 6.26. The smallest absolute Gasteiger partial charge is 0.335 e. The predicted octanol–water partition coefficient (Wildman–Crippen LogP) is 1.60. The molecule has 0 unspecified atom stereocenters. The first-order valence-electron chi connectivity index (χ1n) is 6.80. The van der Waals surface area contributed by atoms with Crippen molar-refractivity contribution in [3.05, 3.63) is 35.4 Å². The van der Waals surface area contributed by atoms with Crippen LogP contribution in [0.5, 0.6) is 0 Å². The molecule has 1 aromatic carbocycles. The SMILES string of the molecule is O=C(O)CCN(Cc1ccc(C(=O)O)cc1)C(=O)C1CC1. The average Bonchev–Trinajstić information content (AvgIpc) is 3.27. The molecule has 112 valence electrons. The third kappa shape index (κ3) is 4.30. The highest BCUT2D eigenvalue weighted by molar-refractivity contribution is 5.87. The number of hydrogen-bond donors (Lipinski definition) is 2. The Balaban J connectivity index is 2.04.